The molecule has 1 aromatic heterocycles. The molecule has 0 aliphatic heterocycles. The molecule has 0 aliphatic rings. The standard InChI is InChI=1S/C19H17F3N4O2S/c1-28-14-6-11(10-29(2,23)27)5-13(8-14)25-19-24-9-17(22)18(26-19)15-4-3-12(20)7-16(15)21/h3-9,23H,10H2,1-2H3,(H,24,25,26). The van der Waals surface area contributed by atoms with Crippen molar-refractivity contribution in [2.75, 3.05) is 18.7 Å². The fourth-order valence-electron chi connectivity index (χ4n) is 2.68. The van der Waals surface area contributed by atoms with Gasteiger partial charge in [0, 0.05) is 39.4 Å². The minimum Gasteiger partial charge on any atom is -0.497 e. The fourth-order valence-corrected chi connectivity index (χ4v) is 3.48. The Labute approximate surface area is 165 Å². The van der Waals surface area contributed by atoms with Crippen LogP contribution in [0.4, 0.5) is 24.8 Å². The highest BCUT2D eigenvalue weighted by atomic mass is 32.2. The van der Waals surface area contributed by atoms with Crippen molar-refractivity contribution in [3.8, 4) is 17.0 Å². The summed E-state index contributed by atoms with van der Waals surface area (Å²) < 4.78 is 65.9. The molecule has 1 atom stereocenters. The smallest absolute Gasteiger partial charge is 0.227 e. The van der Waals surface area contributed by atoms with Gasteiger partial charge in [0.15, 0.2) is 5.82 Å². The number of benzene rings is 2. The molecule has 1 unspecified atom stereocenters. The van der Waals surface area contributed by atoms with Crippen molar-refractivity contribution in [2.45, 2.75) is 5.75 Å². The lowest BCUT2D eigenvalue weighted by atomic mass is 10.1. The molecule has 0 saturated heterocycles. The molecule has 3 aromatic rings. The number of ether oxygens (including phenoxy) is 1. The first-order valence-electron chi connectivity index (χ1n) is 8.29. The first kappa shape index (κ1) is 20.6. The number of aromatic nitrogens is 2. The lowest BCUT2D eigenvalue weighted by Crippen LogP contribution is -2.04. The zero-order valence-electron chi connectivity index (χ0n) is 15.5. The van der Waals surface area contributed by atoms with E-state index in [1.165, 1.54) is 13.4 Å². The van der Waals surface area contributed by atoms with Crippen molar-refractivity contribution in [2.24, 2.45) is 0 Å². The number of nitrogens with one attached hydrogen (secondary N) is 2. The lowest BCUT2D eigenvalue weighted by Gasteiger charge is -2.12. The Kier molecular flexibility index (Phi) is 5.73. The van der Waals surface area contributed by atoms with Gasteiger partial charge in [0.05, 0.1) is 19.1 Å². The van der Waals surface area contributed by atoms with Crippen LogP contribution in [0.15, 0.2) is 42.6 Å². The Morgan fingerprint density at radius 3 is 2.55 bits per heavy atom. The van der Waals surface area contributed by atoms with Crippen molar-refractivity contribution in [3.05, 3.63) is 65.6 Å². The van der Waals surface area contributed by atoms with Crippen LogP contribution in [0.2, 0.25) is 0 Å². The summed E-state index contributed by atoms with van der Waals surface area (Å²) in [7, 11) is -1.33. The Bertz CT molecular complexity index is 1170. The van der Waals surface area contributed by atoms with Gasteiger partial charge in [0.2, 0.25) is 5.95 Å². The number of halogens is 3. The average molecular weight is 422 g/mol. The topological polar surface area (TPSA) is 88.0 Å². The molecule has 0 amide bonds. The van der Waals surface area contributed by atoms with Gasteiger partial charge in [-0.05, 0) is 29.8 Å². The van der Waals surface area contributed by atoms with E-state index < -0.39 is 27.2 Å². The van der Waals surface area contributed by atoms with Crippen molar-refractivity contribution in [1.82, 2.24) is 9.97 Å². The van der Waals surface area contributed by atoms with Crippen molar-refractivity contribution < 1.29 is 22.1 Å². The normalized spacial score (nSPS) is 13.0. The van der Waals surface area contributed by atoms with Crippen molar-refractivity contribution in [3.63, 3.8) is 0 Å². The highest BCUT2D eigenvalue weighted by Crippen LogP contribution is 2.27. The Hall–Kier alpha value is -3.14. The lowest BCUT2D eigenvalue weighted by molar-refractivity contribution is 0.414. The molecular formula is C19H17F3N4O2S. The van der Waals surface area contributed by atoms with E-state index in [2.05, 4.69) is 15.3 Å². The second-order valence-corrected chi connectivity index (χ2v) is 8.66. The molecule has 3 rings (SSSR count). The van der Waals surface area contributed by atoms with Crippen LogP contribution in [0.3, 0.4) is 0 Å². The van der Waals surface area contributed by atoms with Gasteiger partial charge in [0.25, 0.3) is 0 Å². The zero-order valence-corrected chi connectivity index (χ0v) is 16.3. The van der Waals surface area contributed by atoms with Crippen LogP contribution in [0.25, 0.3) is 11.3 Å². The van der Waals surface area contributed by atoms with E-state index >= 15 is 0 Å². The van der Waals surface area contributed by atoms with Gasteiger partial charge in [-0.25, -0.2) is 27.3 Å². The minimum atomic E-state index is -2.78. The third kappa shape index (κ3) is 5.23. The second kappa shape index (κ2) is 8.08. The number of hydrogen-bond donors (Lipinski definition) is 2. The molecule has 29 heavy (non-hydrogen) atoms. The second-order valence-electron chi connectivity index (χ2n) is 6.36. The highest BCUT2D eigenvalue weighted by molar-refractivity contribution is 7.90. The molecule has 0 saturated carbocycles. The van der Waals surface area contributed by atoms with Gasteiger partial charge in [-0.2, -0.15) is 0 Å². The van der Waals surface area contributed by atoms with Crippen LogP contribution >= 0.6 is 0 Å². The summed E-state index contributed by atoms with van der Waals surface area (Å²) >= 11 is 0. The quantitative estimate of drug-likeness (QED) is 0.611. The number of hydrogen-bond acceptors (Lipinski definition) is 6. The van der Waals surface area contributed by atoms with Gasteiger partial charge in [0.1, 0.15) is 23.1 Å². The maximum atomic E-state index is 14.2. The van der Waals surface area contributed by atoms with E-state index in [4.69, 9.17) is 9.52 Å². The van der Waals surface area contributed by atoms with Gasteiger partial charge in [-0.1, -0.05) is 0 Å². The maximum Gasteiger partial charge on any atom is 0.227 e. The van der Waals surface area contributed by atoms with E-state index in [1.54, 1.807) is 18.2 Å². The Morgan fingerprint density at radius 1 is 1.14 bits per heavy atom. The monoisotopic (exact) mass is 422 g/mol. The van der Waals surface area contributed by atoms with Gasteiger partial charge in [-0.3, -0.25) is 4.78 Å². The maximum absolute atomic E-state index is 14.2. The zero-order chi connectivity index (χ0) is 21.2. The molecule has 0 spiro atoms. The summed E-state index contributed by atoms with van der Waals surface area (Å²) in [5.41, 5.74) is 0.493. The summed E-state index contributed by atoms with van der Waals surface area (Å²) in [6, 6.07) is 7.62. The van der Waals surface area contributed by atoms with Crippen LogP contribution < -0.4 is 10.1 Å². The number of rotatable bonds is 6. The summed E-state index contributed by atoms with van der Waals surface area (Å²) in [5, 5.41) is 2.85. The van der Waals surface area contributed by atoms with Crippen LogP contribution in [0.5, 0.6) is 5.75 Å². The summed E-state index contributed by atoms with van der Waals surface area (Å²) in [4.78, 5) is 7.83. The third-order valence-electron chi connectivity index (χ3n) is 3.83. The molecule has 0 bridgehead atoms. The minimum absolute atomic E-state index is 0.00912. The predicted molar refractivity (Wildman–Crippen MR) is 104 cm³/mol. The van der Waals surface area contributed by atoms with Gasteiger partial charge in [-0.15, -0.1) is 0 Å². The van der Waals surface area contributed by atoms with Crippen LogP contribution in [0.1, 0.15) is 5.56 Å². The average Bonchev–Trinajstić information content (AvgIpc) is 2.62. The first-order chi connectivity index (χ1) is 13.6. The third-order valence-corrected chi connectivity index (χ3v) is 4.71. The van der Waals surface area contributed by atoms with Crippen LogP contribution in [-0.2, 0) is 15.5 Å². The Balaban J connectivity index is 1.98. The molecule has 10 heteroatoms. The number of anilines is 2. The largest absolute Gasteiger partial charge is 0.497 e. The fraction of sp³-hybridized carbons (Fsp3) is 0.158. The summed E-state index contributed by atoms with van der Waals surface area (Å²) in [6.07, 6.45) is 2.20. The van der Waals surface area contributed by atoms with E-state index in [0.717, 1.165) is 18.3 Å². The molecule has 0 radical (unpaired) electrons. The molecule has 152 valence electrons. The van der Waals surface area contributed by atoms with E-state index in [9.17, 15) is 17.4 Å². The summed E-state index contributed by atoms with van der Waals surface area (Å²) in [6.45, 7) is 0. The number of nitrogens with zero attached hydrogens (tertiary/aromatic N) is 2. The van der Waals surface area contributed by atoms with Crippen LogP contribution in [-0.4, -0.2) is 27.5 Å². The molecule has 0 fully saturated rings. The van der Waals surface area contributed by atoms with Crippen molar-refractivity contribution >= 4 is 21.4 Å². The SMILES string of the molecule is COc1cc(CS(C)(=N)=O)cc(Nc2ncc(F)c(-c3ccc(F)cc3F)n2)c1. The highest BCUT2D eigenvalue weighted by Gasteiger charge is 2.15. The molecule has 6 nitrogen and oxygen atoms in total. The van der Waals surface area contributed by atoms with E-state index in [0.29, 0.717) is 23.1 Å². The molecule has 1 heterocycles. The van der Waals surface area contributed by atoms with Crippen LogP contribution in [0, 0.1) is 22.2 Å². The molecule has 2 N–H and O–H groups in total. The predicted octanol–water partition coefficient (Wildman–Crippen LogP) is 4.49. The molecular weight excluding hydrogens is 405 g/mol. The van der Waals surface area contributed by atoms with E-state index in [-0.39, 0.29) is 23.0 Å². The molecule has 0 aliphatic carbocycles. The Morgan fingerprint density at radius 2 is 1.90 bits per heavy atom. The van der Waals surface area contributed by atoms with Crippen molar-refractivity contribution in [1.29, 1.82) is 4.78 Å². The van der Waals surface area contributed by atoms with E-state index in [1.807, 2.05) is 0 Å². The number of methoxy groups -OCH3 is 1. The summed E-state index contributed by atoms with van der Waals surface area (Å²) in [5.74, 6) is -2.19. The van der Waals surface area contributed by atoms with Gasteiger partial charge < -0.3 is 10.1 Å². The first-order valence-corrected chi connectivity index (χ1v) is 10.4. The molecule has 2 aromatic carbocycles. The van der Waals surface area contributed by atoms with Gasteiger partial charge >= 0.3 is 0 Å².